The van der Waals surface area contributed by atoms with Crippen LogP contribution in [0.4, 0.5) is 4.39 Å². The van der Waals surface area contributed by atoms with Gasteiger partial charge in [0.15, 0.2) is 0 Å². The maximum atomic E-state index is 13.7. The zero-order valence-corrected chi connectivity index (χ0v) is 14.3. The summed E-state index contributed by atoms with van der Waals surface area (Å²) in [4.78, 5) is 14.0. The highest BCUT2D eigenvalue weighted by molar-refractivity contribution is 6.30. The lowest BCUT2D eigenvalue weighted by atomic mass is 9.99. The fourth-order valence-electron chi connectivity index (χ4n) is 2.92. The summed E-state index contributed by atoms with van der Waals surface area (Å²) in [6, 6.07) is 4.86. The third-order valence-electron chi connectivity index (χ3n) is 3.88. The first-order chi connectivity index (χ1) is 10.1. The molecule has 0 radical (unpaired) electrons. The summed E-state index contributed by atoms with van der Waals surface area (Å²) < 4.78 is 13.7. The highest BCUT2D eigenvalue weighted by Crippen LogP contribution is 2.33. The van der Waals surface area contributed by atoms with Crippen LogP contribution >= 0.6 is 24.0 Å². The summed E-state index contributed by atoms with van der Waals surface area (Å²) in [5.74, 6) is -0.461. The van der Waals surface area contributed by atoms with Gasteiger partial charge in [0.25, 0.3) is 0 Å². The zero-order valence-electron chi connectivity index (χ0n) is 12.7. The van der Waals surface area contributed by atoms with Gasteiger partial charge in [0.1, 0.15) is 5.82 Å². The molecule has 1 aliphatic rings. The Labute approximate surface area is 141 Å². The second-order valence-electron chi connectivity index (χ2n) is 5.24. The van der Waals surface area contributed by atoms with Crippen molar-refractivity contribution in [1.82, 2.24) is 15.5 Å². The van der Waals surface area contributed by atoms with Crippen LogP contribution in [0.2, 0.25) is 5.02 Å². The summed E-state index contributed by atoms with van der Waals surface area (Å²) >= 11 is 5.75. The summed E-state index contributed by atoms with van der Waals surface area (Å²) in [7, 11) is 1.73. The molecular weight excluding hydrogens is 328 g/mol. The second-order valence-corrected chi connectivity index (χ2v) is 5.65. The van der Waals surface area contributed by atoms with E-state index in [9.17, 15) is 9.18 Å². The first kappa shape index (κ1) is 19.2. The van der Waals surface area contributed by atoms with Crippen molar-refractivity contribution < 1.29 is 9.18 Å². The number of carbonyl (C=O) groups is 1. The van der Waals surface area contributed by atoms with E-state index in [1.165, 1.54) is 6.07 Å². The number of amides is 1. The zero-order chi connectivity index (χ0) is 15.4. The Hall–Kier alpha value is -0.880. The van der Waals surface area contributed by atoms with Crippen molar-refractivity contribution in [3.63, 3.8) is 0 Å². The molecule has 7 heteroatoms. The van der Waals surface area contributed by atoms with Crippen LogP contribution in [0.1, 0.15) is 24.9 Å². The van der Waals surface area contributed by atoms with Crippen molar-refractivity contribution in [1.29, 1.82) is 0 Å². The highest BCUT2D eigenvalue weighted by Gasteiger charge is 2.35. The smallest absolute Gasteiger partial charge is 0.234 e. The van der Waals surface area contributed by atoms with E-state index >= 15 is 0 Å². The van der Waals surface area contributed by atoms with Crippen molar-refractivity contribution >= 4 is 29.9 Å². The average Bonchev–Trinajstić information content (AvgIpc) is 2.85. The van der Waals surface area contributed by atoms with E-state index in [4.69, 9.17) is 11.6 Å². The van der Waals surface area contributed by atoms with Crippen LogP contribution in [0.25, 0.3) is 0 Å². The molecule has 0 bridgehead atoms. The van der Waals surface area contributed by atoms with Crippen molar-refractivity contribution in [3.05, 3.63) is 34.6 Å². The van der Waals surface area contributed by atoms with Crippen LogP contribution in [0.3, 0.4) is 0 Å². The quantitative estimate of drug-likeness (QED) is 0.857. The molecule has 1 aromatic carbocycles. The molecule has 0 aromatic heterocycles. The van der Waals surface area contributed by atoms with Gasteiger partial charge in [-0.25, -0.2) is 4.39 Å². The minimum atomic E-state index is -0.419. The summed E-state index contributed by atoms with van der Waals surface area (Å²) in [6.45, 7) is 4.09. The molecule has 1 fully saturated rings. The Morgan fingerprint density at radius 2 is 2.23 bits per heavy atom. The largest absolute Gasteiger partial charge is 0.350 e. The molecule has 22 heavy (non-hydrogen) atoms. The molecule has 1 heterocycles. The summed E-state index contributed by atoms with van der Waals surface area (Å²) in [5, 5.41) is 5.98. The lowest BCUT2D eigenvalue weighted by molar-refractivity contribution is -0.121. The SMILES string of the molecule is CCN1CCC(NC(=O)CNC)C1c1ccc(Cl)c(F)c1.Cl. The topological polar surface area (TPSA) is 44.4 Å². The van der Waals surface area contributed by atoms with Gasteiger partial charge in [-0.3, -0.25) is 9.69 Å². The Kier molecular flexibility index (Phi) is 7.56. The van der Waals surface area contributed by atoms with Gasteiger partial charge in [-0.2, -0.15) is 0 Å². The lowest BCUT2D eigenvalue weighted by Crippen LogP contribution is -2.42. The number of hydrogen-bond acceptors (Lipinski definition) is 3. The van der Waals surface area contributed by atoms with Crippen LogP contribution in [0.5, 0.6) is 0 Å². The predicted octanol–water partition coefficient (Wildman–Crippen LogP) is 2.37. The predicted molar refractivity (Wildman–Crippen MR) is 89.1 cm³/mol. The first-order valence-electron chi connectivity index (χ1n) is 7.19. The fourth-order valence-corrected chi connectivity index (χ4v) is 3.04. The fraction of sp³-hybridized carbons (Fsp3) is 0.533. The highest BCUT2D eigenvalue weighted by atomic mass is 35.5. The second kappa shape index (κ2) is 8.67. The number of likely N-dealkylation sites (tertiary alicyclic amines) is 1. The maximum Gasteiger partial charge on any atom is 0.234 e. The molecule has 0 aliphatic carbocycles. The average molecular weight is 350 g/mol. The number of likely N-dealkylation sites (N-methyl/N-ethyl adjacent to an activating group) is 2. The molecule has 0 saturated carbocycles. The molecule has 1 saturated heterocycles. The molecular formula is C15H22Cl2FN3O. The Balaban J connectivity index is 0.00000242. The van der Waals surface area contributed by atoms with Gasteiger partial charge in [0.2, 0.25) is 5.91 Å². The van der Waals surface area contributed by atoms with Crippen molar-refractivity contribution in [3.8, 4) is 0 Å². The van der Waals surface area contributed by atoms with Gasteiger partial charge in [-0.15, -0.1) is 12.4 Å². The number of nitrogens with one attached hydrogen (secondary N) is 2. The number of hydrogen-bond donors (Lipinski definition) is 2. The van der Waals surface area contributed by atoms with E-state index in [0.29, 0.717) is 0 Å². The van der Waals surface area contributed by atoms with Gasteiger partial charge in [0.05, 0.1) is 17.6 Å². The number of carbonyl (C=O) groups excluding carboxylic acids is 1. The van der Waals surface area contributed by atoms with Gasteiger partial charge in [-0.05, 0) is 37.7 Å². The molecule has 124 valence electrons. The minimum absolute atomic E-state index is 0. The normalized spacial score (nSPS) is 21.5. The van der Waals surface area contributed by atoms with Crippen molar-refractivity contribution in [2.24, 2.45) is 0 Å². The molecule has 1 aliphatic heterocycles. The molecule has 1 aromatic rings. The van der Waals surface area contributed by atoms with E-state index in [1.807, 2.05) is 6.07 Å². The molecule has 2 atom stereocenters. The van der Waals surface area contributed by atoms with Gasteiger partial charge >= 0.3 is 0 Å². The van der Waals surface area contributed by atoms with Crippen LogP contribution in [0, 0.1) is 5.82 Å². The minimum Gasteiger partial charge on any atom is -0.350 e. The van der Waals surface area contributed by atoms with Crippen LogP contribution < -0.4 is 10.6 Å². The molecule has 2 rings (SSSR count). The van der Waals surface area contributed by atoms with Gasteiger partial charge < -0.3 is 10.6 Å². The van der Waals surface area contributed by atoms with E-state index in [-0.39, 0.29) is 42.0 Å². The third-order valence-corrected chi connectivity index (χ3v) is 4.18. The van der Waals surface area contributed by atoms with Crippen LogP contribution in [0.15, 0.2) is 18.2 Å². The Bertz CT molecular complexity index is 516. The van der Waals surface area contributed by atoms with Crippen LogP contribution in [-0.2, 0) is 4.79 Å². The number of halogens is 3. The summed E-state index contributed by atoms with van der Waals surface area (Å²) in [5.41, 5.74) is 0.853. The summed E-state index contributed by atoms with van der Waals surface area (Å²) in [6.07, 6.45) is 0.859. The molecule has 4 nitrogen and oxygen atoms in total. The van der Waals surface area contributed by atoms with E-state index in [0.717, 1.165) is 25.1 Å². The molecule has 0 spiro atoms. The van der Waals surface area contributed by atoms with Crippen molar-refractivity contribution in [2.75, 3.05) is 26.7 Å². The lowest BCUT2D eigenvalue weighted by Gasteiger charge is -2.28. The van der Waals surface area contributed by atoms with Crippen molar-refractivity contribution in [2.45, 2.75) is 25.4 Å². The number of benzene rings is 1. The van der Waals surface area contributed by atoms with E-state index in [2.05, 4.69) is 22.5 Å². The molecule has 2 unspecified atom stereocenters. The third kappa shape index (κ3) is 4.32. The monoisotopic (exact) mass is 349 g/mol. The first-order valence-corrected chi connectivity index (χ1v) is 7.57. The maximum absolute atomic E-state index is 13.7. The van der Waals surface area contributed by atoms with E-state index < -0.39 is 5.82 Å². The van der Waals surface area contributed by atoms with Gasteiger partial charge in [-0.1, -0.05) is 24.6 Å². The van der Waals surface area contributed by atoms with Crippen LogP contribution in [-0.4, -0.2) is 43.5 Å². The number of rotatable bonds is 5. The number of nitrogens with zero attached hydrogens (tertiary/aromatic N) is 1. The van der Waals surface area contributed by atoms with Gasteiger partial charge in [0, 0.05) is 12.6 Å². The molecule has 2 N–H and O–H groups in total. The molecule has 1 amide bonds. The standard InChI is InChI=1S/C15H21ClFN3O.ClH/c1-3-20-7-6-13(19-14(21)9-18-2)15(20)10-4-5-11(16)12(17)8-10;/h4-5,8,13,15,18H,3,6-7,9H2,1-2H3,(H,19,21);1H. The Morgan fingerprint density at radius 1 is 1.50 bits per heavy atom. The van der Waals surface area contributed by atoms with E-state index in [1.54, 1.807) is 13.1 Å². The Morgan fingerprint density at radius 3 is 2.82 bits per heavy atom.